The molecular formula is C11H13BOS2. The van der Waals surface area contributed by atoms with Crippen LogP contribution in [0.15, 0.2) is 24.3 Å². The van der Waals surface area contributed by atoms with Gasteiger partial charge in [-0.3, -0.25) is 0 Å². The predicted molar refractivity (Wildman–Crippen MR) is 69.8 cm³/mol. The zero-order chi connectivity index (χ0) is 11.1. The Labute approximate surface area is 99.8 Å². The quantitative estimate of drug-likeness (QED) is 0.595. The Morgan fingerprint density at radius 2 is 1.87 bits per heavy atom. The van der Waals surface area contributed by atoms with Crippen LogP contribution in [0.3, 0.4) is 0 Å². The van der Waals surface area contributed by atoms with Crippen LogP contribution in [0.5, 0.6) is 0 Å². The second kappa shape index (κ2) is 4.08. The van der Waals surface area contributed by atoms with Crippen molar-refractivity contribution in [3.8, 4) is 0 Å². The maximum absolute atomic E-state index is 10.2. The molecule has 1 aliphatic rings. The summed E-state index contributed by atoms with van der Waals surface area (Å²) in [4.78, 5) is 0. The van der Waals surface area contributed by atoms with Gasteiger partial charge >= 0.3 is 0 Å². The lowest BCUT2D eigenvalue weighted by molar-refractivity contribution is 0.143. The van der Waals surface area contributed by atoms with Gasteiger partial charge in [-0.1, -0.05) is 51.3 Å². The Bertz CT molecular complexity index is 350. The van der Waals surface area contributed by atoms with Gasteiger partial charge in [0.1, 0.15) is 7.85 Å². The zero-order valence-electron chi connectivity index (χ0n) is 8.81. The minimum Gasteiger partial charge on any atom is -0.390 e. The number of aliphatic hydroxyl groups excluding tert-OH is 1. The first kappa shape index (κ1) is 11.4. The van der Waals surface area contributed by atoms with Crippen LogP contribution < -0.4 is 5.46 Å². The van der Waals surface area contributed by atoms with Crippen molar-refractivity contribution < 1.29 is 5.11 Å². The third kappa shape index (κ3) is 2.22. The second-order valence-electron chi connectivity index (χ2n) is 4.32. The van der Waals surface area contributed by atoms with Gasteiger partial charge in [0.05, 0.1) is 11.4 Å². The minimum atomic E-state index is -0.309. The molecule has 2 atom stereocenters. The Hall–Kier alpha value is -0.0551. The van der Waals surface area contributed by atoms with Gasteiger partial charge in [-0.2, -0.15) is 0 Å². The normalized spacial score (nSPS) is 29.3. The topological polar surface area (TPSA) is 20.2 Å². The first-order chi connectivity index (χ1) is 7.00. The van der Waals surface area contributed by atoms with Crippen molar-refractivity contribution in [2.75, 3.05) is 0 Å². The van der Waals surface area contributed by atoms with E-state index in [2.05, 4.69) is 13.8 Å². The molecule has 1 aromatic rings. The van der Waals surface area contributed by atoms with Crippen LogP contribution in [0.2, 0.25) is 0 Å². The number of aliphatic hydroxyl groups is 1. The van der Waals surface area contributed by atoms with Crippen LogP contribution in [0, 0.1) is 0 Å². The molecule has 1 aromatic carbocycles. The lowest BCUT2D eigenvalue weighted by Gasteiger charge is -2.23. The summed E-state index contributed by atoms with van der Waals surface area (Å²) in [5.74, 6) is 0. The van der Waals surface area contributed by atoms with Gasteiger partial charge in [0.25, 0.3) is 0 Å². The smallest absolute Gasteiger partial charge is 0.113 e. The third-order valence-corrected chi connectivity index (χ3v) is 6.33. The fourth-order valence-electron chi connectivity index (χ4n) is 1.57. The van der Waals surface area contributed by atoms with E-state index in [4.69, 9.17) is 7.85 Å². The summed E-state index contributed by atoms with van der Waals surface area (Å²) in [6, 6.07) is 7.77. The largest absolute Gasteiger partial charge is 0.390 e. The van der Waals surface area contributed by atoms with E-state index in [1.165, 1.54) is 0 Å². The van der Waals surface area contributed by atoms with E-state index in [9.17, 15) is 5.11 Å². The fraction of sp³-hybridized carbons (Fsp3) is 0.455. The molecule has 4 heteroatoms. The molecule has 0 unspecified atom stereocenters. The summed E-state index contributed by atoms with van der Waals surface area (Å²) in [7, 11) is 9.13. The highest BCUT2D eigenvalue weighted by molar-refractivity contribution is 8.77. The predicted octanol–water partition coefficient (Wildman–Crippen LogP) is 2.06. The zero-order valence-corrected chi connectivity index (χ0v) is 10.4. The van der Waals surface area contributed by atoms with E-state index >= 15 is 0 Å². The molecule has 1 saturated heterocycles. The van der Waals surface area contributed by atoms with Gasteiger partial charge in [-0.25, -0.2) is 0 Å². The standard InChI is InChI=1S/C11H13BOS2/c1-11(2)10(13)9(14-15-11)7-3-5-8(12)6-4-7/h3-6,9-10,13H,1-2H3/t9-,10+/m1/s1. The second-order valence-corrected chi connectivity index (χ2v) is 7.31. The number of benzene rings is 1. The molecule has 1 nitrogen and oxygen atoms in total. The molecule has 1 heterocycles. The van der Waals surface area contributed by atoms with Crippen molar-refractivity contribution in [1.29, 1.82) is 0 Å². The fourth-order valence-corrected chi connectivity index (χ4v) is 4.95. The van der Waals surface area contributed by atoms with Gasteiger partial charge < -0.3 is 5.11 Å². The Morgan fingerprint density at radius 1 is 1.27 bits per heavy atom. The van der Waals surface area contributed by atoms with Crippen molar-refractivity contribution >= 4 is 34.9 Å². The van der Waals surface area contributed by atoms with Gasteiger partial charge in [-0.15, -0.1) is 0 Å². The summed E-state index contributed by atoms with van der Waals surface area (Å²) < 4.78 is -0.0727. The molecule has 0 amide bonds. The highest BCUT2D eigenvalue weighted by Crippen LogP contribution is 2.57. The summed E-state index contributed by atoms with van der Waals surface area (Å²) in [5.41, 5.74) is 1.92. The van der Waals surface area contributed by atoms with Gasteiger partial charge in [0, 0.05) is 4.75 Å². The monoisotopic (exact) mass is 236 g/mol. The molecule has 0 bridgehead atoms. The SMILES string of the molecule is [B]c1ccc([C@H]2SSC(C)(C)[C@H]2O)cc1. The van der Waals surface area contributed by atoms with Crippen LogP contribution in [0.1, 0.15) is 24.7 Å². The van der Waals surface area contributed by atoms with E-state index in [0.29, 0.717) is 0 Å². The molecule has 15 heavy (non-hydrogen) atoms. The number of hydrogen-bond acceptors (Lipinski definition) is 3. The van der Waals surface area contributed by atoms with E-state index in [-0.39, 0.29) is 16.1 Å². The third-order valence-electron chi connectivity index (χ3n) is 2.63. The lowest BCUT2D eigenvalue weighted by atomic mass is 9.92. The van der Waals surface area contributed by atoms with Crippen molar-refractivity contribution in [1.82, 2.24) is 0 Å². The van der Waals surface area contributed by atoms with Crippen LogP contribution in [-0.4, -0.2) is 23.8 Å². The number of hydrogen-bond donors (Lipinski definition) is 1. The average Bonchev–Trinajstić information content (AvgIpc) is 2.45. The molecule has 1 N–H and O–H groups in total. The Morgan fingerprint density at radius 3 is 2.33 bits per heavy atom. The van der Waals surface area contributed by atoms with Gasteiger partial charge in [0.2, 0.25) is 0 Å². The molecule has 2 radical (unpaired) electrons. The van der Waals surface area contributed by atoms with Crippen LogP contribution >= 0.6 is 21.6 Å². The summed E-state index contributed by atoms with van der Waals surface area (Å²) in [6.07, 6.45) is -0.309. The molecule has 0 aliphatic carbocycles. The van der Waals surface area contributed by atoms with Crippen LogP contribution in [0.25, 0.3) is 0 Å². The van der Waals surface area contributed by atoms with Crippen molar-refractivity contribution in [3.63, 3.8) is 0 Å². The van der Waals surface area contributed by atoms with E-state index in [1.54, 1.807) is 21.6 Å². The maximum Gasteiger partial charge on any atom is 0.113 e. The van der Waals surface area contributed by atoms with E-state index in [1.807, 2.05) is 24.3 Å². The van der Waals surface area contributed by atoms with E-state index < -0.39 is 0 Å². The molecule has 78 valence electrons. The van der Waals surface area contributed by atoms with Crippen molar-refractivity contribution in [3.05, 3.63) is 29.8 Å². The van der Waals surface area contributed by atoms with Gasteiger partial charge in [-0.05, 0) is 19.4 Å². The van der Waals surface area contributed by atoms with Crippen LogP contribution in [0.4, 0.5) is 0 Å². The molecule has 0 aromatic heterocycles. The first-order valence-corrected chi connectivity index (χ1v) is 7.10. The molecule has 1 aliphatic heterocycles. The first-order valence-electron chi connectivity index (χ1n) is 4.89. The number of rotatable bonds is 1. The summed E-state index contributed by atoms with van der Waals surface area (Å²) in [6.45, 7) is 4.15. The lowest BCUT2D eigenvalue weighted by Crippen LogP contribution is -2.31. The van der Waals surface area contributed by atoms with Gasteiger partial charge in [0.15, 0.2) is 0 Å². The highest BCUT2D eigenvalue weighted by Gasteiger charge is 2.43. The molecular weight excluding hydrogens is 223 g/mol. The van der Waals surface area contributed by atoms with Crippen molar-refractivity contribution in [2.24, 2.45) is 0 Å². The Balaban J connectivity index is 2.23. The maximum atomic E-state index is 10.2. The molecule has 0 spiro atoms. The summed E-state index contributed by atoms with van der Waals surface area (Å²) >= 11 is 0. The molecule has 0 saturated carbocycles. The molecule has 2 rings (SSSR count). The average molecular weight is 236 g/mol. The molecule has 1 fully saturated rings. The van der Waals surface area contributed by atoms with Crippen molar-refractivity contribution in [2.45, 2.75) is 29.9 Å². The van der Waals surface area contributed by atoms with Crippen LogP contribution in [-0.2, 0) is 0 Å². The Kier molecular flexibility index (Phi) is 3.11. The van der Waals surface area contributed by atoms with E-state index in [0.717, 1.165) is 11.0 Å². The minimum absolute atomic E-state index is 0.0727. The highest BCUT2D eigenvalue weighted by atomic mass is 33.1. The summed E-state index contributed by atoms with van der Waals surface area (Å²) in [5, 5.41) is 10.3.